The standard InChI is InChI=1S/C25H35NO5/c1-18-8-9-19(15-24(18)30-4)12-14-26(2)13-6-7-22(25(28)31-5)20-10-11-23(29-3)21(16-20)17-27/h8-11,15-16,22,27H,6-7,12-14,17H2,1-5H3. The smallest absolute Gasteiger partial charge is 0.313 e. The summed E-state index contributed by atoms with van der Waals surface area (Å²) in [5.41, 5.74) is 3.89. The van der Waals surface area contributed by atoms with Crippen molar-refractivity contribution >= 4 is 5.97 Å². The van der Waals surface area contributed by atoms with Gasteiger partial charge in [-0.2, -0.15) is 0 Å². The van der Waals surface area contributed by atoms with Crippen LogP contribution in [-0.2, 0) is 22.6 Å². The minimum Gasteiger partial charge on any atom is -0.496 e. The Kier molecular flexibility index (Phi) is 9.82. The van der Waals surface area contributed by atoms with Crippen LogP contribution in [0.5, 0.6) is 11.5 Å². The first-order chi connectivity index (χ1) is 14.9. The third kappa shape index (κ3) is 6.97. The second-order valence-electron chi connectivity index (χ2n) is 7.80. The van der Waals surface area contributed by atoms with Crippen molar-refractivity contribution < 1.29 is 24.1 Å². The van der Waals surface area contributed by atoms with E-state index in [1.807, 2.05) is 19.1 Å². The van der Waals surface area contributed by atoms with E-state index in [0.717, 1.165) is 42.8 Å². The van der Waals surface area contributed by atoms with Gasteiger partial charge < -0.3 is 24.2 Å². The van der Waals surface area contributed by atoms with Crippen molar-refractivity contribution in [1.29, 1.82) is 0 Å². The molecular formula is C25H35NO5. The summed E-state index contributed by atoms with van der Waals surface area (Å²) in [4.78, 5) is 14.7. The van der Waals surface area contributed by atoms with Crippen LogP contribution in [0.3, 0.4) is 0 Å². The van der Waals surface area contributed by atoms with Crippen LogP contribution in [0, 0.1) is 6.92 Å². The third-order valence-electron chi connectivity index (χ3n) is 5.65. The molecule has 0 amide bonds. The molecule has 0 heterocycles. The Balaban J connectivity index is 1.93. The predicted molar refractivity (Wildman–Crippen MR) is 122 cm³/mol. The number of carbonyl (C=O) groups excluding carboxylic acids is 1. The maximum atomic E-state index is 12.4. The summed E-state index contributed by atoms with van der Waals surface area (Å²) < 4.78 is 15.7. The maximum absolute atomic E-state index is 12.4. The molecule has 0 aliphatic carbocycles. The highest BCUT2D eigenvalue weighted by Gasteiger charge is 2.22. The monoisotopic (exact) mass is 429 g/mol. The van der Waals surface area contributed by atoms with E-state index in [9.17, 15) is 9.90 Å². The third-order valence-corrected chi connectivity index (χ3v) is 5.65. The Labute approximate surface area is 185 Å². The summed E-state index contributed by atoms with van der Waals surface area (Å²) in [7, 11) is 6.76. The van der Waals surface area contributed by atoms with Crippen molar-refractivity contribution in [2.75, 3.05) is 41.5 Å². The zero-order valence-electron chi connectivity index (χ0n) is 19.3. The van der Waals surface area contributed by atoms with E-state index in [-0.39, 0.29) is 18.5 Å². The van der Waals surface area contributed by atoms with Crippen LogP contribution in [0.2, 0.25) is 0 Å². The van der Waals surface area contributed by atoms with Crippen LogP contribution in [0.25, 0.3) is 0 Å². The molecular weight excluding hydrogens is 394 g/mol. The number of aryl methyl sites for hydroxylation is 1. The Morgan fingerprint density at radius 3 is 2.42 bits per heavy atom. The SMILES string of the molecule is COC(=O)C(CCCN(C)CCc1ccc(C)c(OC)c1)c1ccc(OC)c(CO)c1. The van der Waals surface area contributed by atoms with Crippen LogP contribution in [0.15, 0.2) is 36.4 Å². The van der Waals surface area contributed by atoms with E-state index in [0.29, 0.717) is 17.7 Å². The highest BCUT2D eigenvalue weighted by atomic mass is 16.5. The molecule has 0 aliphatic rings. The first-order valence-corrected chi connectivity index (χ1v) is 10.6. The molecule has 0 saturated heterocycles. The molecule has 0 aromatic heterocycles. The highest BCUT2D eigenvalue weighted by Crippen LogP contribution is 2.28. The van der Waals surface area contributed by atoms with Gasteiger partial charge in [0, 0.05) is 12.1 Å². The largest absolute Gasteiger partial charge is 0.496 e. The van der Waals surface area contributed by atoms with Crippen molar-refractivity contribution in [3.63, 3.8) is 0 Å². The summed E-state index contributed by atoms with van der Waals surface area (Å²) in [5.74, 6) is 0.907. The molecule has 170 valence electrons. The summed E-state index contributed by atoms with van der Waals surface area (Å²) >= 11 is 0. The number of likely N-dealkylation sites (N-methyl/N-ethyl adjacent to an activating group) is 1. The lowest BCUT2D eigenvalue weighted by Gasteiger charge is -2.20. The second-order valence-corrected chi connectivity index (χ2v) is 7.80. The minimum atomic E-state index is -0.365. The molecule has 0 spiro atoms. The molecule has 1 unspecified atom stereocenters. The van der Waals surface area contributed by atoms with Crippen molar-refractivity contribution in [2.24, 2.45) is 0 Å². The molecule has 2 rings (SSSR count). The normalized spacial score (nSPS) is 12.0. The second kappa shape index (κ2) is 12.3. The highest BCUT2D eigenvalue weighted by molar-refractivity contribution is 5.78. The number of aliphatic hydroxyl groups is 1. The number of benzene rings is 2. The fourth-order valence-electron chi connectivity index (χ4n) is 3.72. The minimum absolute atomic E-state index is 0.141. The van der Waals surface area contributed by atoms with Gasteiger partial charge in [0.05, 0.1) is 33.9 Å². The molecule has 0 bridgehead atoms. The van der Waals surface area contributed by atoms with Crippen LogP contribution in [-0.4, -0.2) is 57.4 Å². The number of nitrogens with zero attached hydrogens (tertiary/aromatic N) is 1. The Morgan fingerprint density at radius 2 is 1.77 bits per heavy atom. The van der Waals surface area contributed by atoms with E-state index in [4.69, 9.17) is 14.2 Å². The molecule has 0 saturated carbocycles. The number of hydrogen-bond donors (Lipinski definition) is 1. The fourth-order valence-corrected chi connectivity index (χ4v) is 3.72. The van der Waals surface area contributed by atoms with E-state index >= 15 is 0 Å². The van der Waals surface area contributed by atoms with Crippen molar-refractivity contribution in [3.8, 4) is 11.5 Å². The van der Waals surface area contributed by atoms with E-state index in [1.54, 1.807) is 20.3 Å². The maximum Gasteiger partial charge on any atom is 0.313 e. The quantitative estimate of drug-likeness (QED) is 0.519. The number of rotatable bonds is 12. The molecule has 0 fully saturated rings. The van der Waals surface area contributed by atoms with Gasteiger partial charge in [-0.3, -0.25) is 4.79 Å². The number of carbonyl (C=O) groups is 1. The summed E-state index contributed by atoms with van der Waals surface area (Å²) in [6.07, 6.45) is 2.46. The van der Waals surface area contributed by atoms with Crippen molar-refractivity contribution in [3.05, 3.63) is 58.7 Å². The number of aliphatic hydroxyl groups excluding tert-OH is 1. The molecule has 2 aromatic rings. The molecule has 1 atom stereocenters. The zero-order chi connectivity index (χ0) is 22.8. The van der Waals surface area contributed by atoms with Gasteiger partial charge in [-0.15, -0.1) is 0 Å². The van der Waals surface area contributed by atoms with E-state index in [1.165, 1.54) is 12.7 Å². The number of esters is 1. The van der Waals surface area contributed by atoms with Crippen LogP contribution < -0.4 is 9.47 Å². The zero-order valence-corrected chi connectivity index (χ0v) is 19.3. The first kappa shape index (κ1) is 24.7. The van der Waals surface area contributed by atoms with E-state index in [2.05, 4.69) is 30.1 Å². The number of methoxy groups -OCH3 is 3. The van der Waals surface area contributed by atoms with Gasteiger partial charge in [0.1, 0.15) is 11.5 Å². The number of ether oxygens (including phenoxy) is 3. The molecule has 0 aliphatic heterocycles. The lowest BCUT2D eigenvalue weighted by molar-refractivity contribution is -0.142. The van der Waals surface area contributed by atoms with Crippen LogP contribution in [0.4, 0.5) is 0 Å². The molecule has 31 heavy (non-hydrogen) atoms. The predicted octanol–water partition coefficient (Wildman–Crippen LogP) is 3.72. The first-order valence-electron chi connectivity index (χ1n) is 10.6. The van der Waals surface area contributed by atoms with Gasteiger partial charge in [-0.1, -0.05) is 18.2 Å². The molecule has 1 N–H and O–H groups in total. The Bertz CT molecular complexity index is 852. The summed E-state index contributed by atoms with van der Waals surface area (Å²) in [5, 5.41) is 9.59. The lowest BCUT2D eigenvalue weighted by Crippen LogP contribution is -2.24. The molecule has 6 nitrogen and oxygen atoms in total. The fraction of sp³-hybridized carbons (Fsp3) is 0.480. The van der Waals surface area contributed by atoms with E-state index < -0.39 is 0 Å². The van der Waals surface area contributed by atoms with Gasteiger partial charge in [0.15, 0.2) is 0 Å². The molecule has 0 radical (unpaired) electrons. The molecule has 2 aromatic carbocycles. The van der Waals surface area contributed by atoms with Crippen LogP contribution in [0.1, 0.15) is 41.0 Å². The van der Waals surface area contributed by atoms with Gasteiger partial charge in [-0.25, -0.2) is 0 Å². The van der Waals surface area contributed by atoms with Gasteiger partial charge in [0.2, 0.25) is 0 Å². The average molecular weight is 430 g/mol. The van der Waals surface area contributed by atoms with Gasteiger partial charge in [0.25, 0.3) is 0 Å². The van der Waals surface area contributed by atoms with Crippen molar-refractivity contribution in [1.82, 2.24) is 4.90 Å². The topological polar surface area (TPSA) is 68.2 Å². The van der Waals surface area contributed by atoms with Crippen LogP contribution >= 0.6 is 0 Å². The van der Waals surface area contributed by atoms with Gasteiger partial charge >= 0.3 is 5.97 Å². The van der Waals surface area contributed by atoms with Gasteiger partial charge in [-0.05, 0) is 74.7 Å². The summed E-state index contributed by atoms with van der Waals surface area (Å²) in [6, 6.07) is 11.8. The van der Waals surface area contributed by atoms with Crippen molar-refractivity contribution in [2.45, 2.75) is 38.7 Å². The number of hydrogen-bond acceptors (Lipinski definition) is 6. The molecule has 6 heteroatoms. The Hall–Kier alpha value is -2.57. The Morgan fingerprint density at radius 1 is 1.03 bits per heavy atom. The average Bonchev–Trinajstić information content (AvgIpc) is 2.80. The lowest BCUT2D eigenvalue weighted by atomic mass is 9.92. The summed E-state index contributed by atoms with van der Waals surface area (Å²) in [6.45, 7) is 3.70.